The van der Waals surface area contributed by atoms with Gasteiger partial charge in [-0.1, -0.05) is 30.3 Å². The largest absolute Gasteiger partial charge is 0.508 e. The van der Waals surface area contributed by atoms with E-state index in [1.54, 1.807) is 30.3 Å². The molecule has 6 nitrogen and oxygen atoms in total. The van der Waals surface area contributed by atoms with E-state index in [-0.39, 0.29) is 12.2 Å². The van der Waals surface area contributed by atoms with Gasteiger partial charge < -0.3 is 25.4 Å². The van der Waals surface area contributed by atoms with Crippen molar-refractivity contribution in [1.29, 1.82) is 0 Å². The van der Waals surface area contributed by atoms with Crippen LogP contribution in [0.25, 0.3) is 0 Å². The van der Waals surface area contributed by atoms with Crippen LogP contribution in [0, 0.1) is 0 Å². The van der Waals surface area contributed by atoms with Gasteiger partial charge in [-0.25, -0.2) is 4.79 Å². The highest BCUT2D eigenvalue weighted by Crippen LogP contribution is 2.34. The van der Waals surface area contributed by atoms with Crippen LogP contribution in [0.1, 0.15) is 22.8 Å². The van der Waals surface area contributed by atoms with E-state index < -0.39 is 42.3 Å². The molecule has 9 heteroatoms. The van der Waals surface area contributed by atoms with Crippen LogP contribution >= 0.6 is 0 Å². The Balaban J connectivity index is 1.90. The van der Waals surface area contributed by atoms with Crippen LogP contribution in [0.4, 0.5) is 18.0 Å². The molecule has 146 valence electrons. The SMILES string of the molecule is O=C(NCC(O)C(O)c1cc(O)cc(C(F)(F)F)c1)OCc1ccccc1. The lowest BCUT2D eigenvalue weighted by molar-refractivity contribution is -0.137. The van der Waals surface area contributed by atoms with Crippen LogP contribution in [0.2, 0.25) is 0 Å². The van der Waals surface area contributed by atoms with E-state index in [2.05, 4.69) is 5.32 Å². The summed E-state index contributed by atoms with van der Waals surface area (Å²) in [6.07, 6.45) is -8.96. The molecule has 2 aromatic carbocycles. The van der Waals surface area contributed by atoms with Crippen molar-refractivity contribution >= 4 is 6.09 Å². The number of halogens is 3. The molecule has 0 saturated carbocycles. The van der Waals surface area contributed by atoms with Crippen LogP contribution in [-0.2, 0) is 17.5 Å². The van der Waals surface area contributed by atoms with E-state index in [0.29, 0.717) is 12.1 Å². The Morgan fingerprint density at radius 2 is 1.78 bits per heavy atom. The molecule has 2 rings (SSSR count). The van der Waals surface area contributed by atoms with Gasteiger partial charge in [-0.05, 0) is 29.3 Å². The fourth-order valence-electron chi connectivity index (χ4n) is 2.26. The van der Waals surface area contributed by atoms with Gasteiger partial charge >= 0.3 is 12.3 Å². The Labute approximate surface area is 152 Å². The monoisotopic (exact) mass is 385 g/mol. The predicted octanol–water partition coefficient (Wildman–Crippen LogP) is 2.73. The zero-order chi connectivity index (χ0) is 20.0. The molecule has 2 atom stereocenters. The number of aliphatic hydroxyl groups is 2. The fraction of sp³-hybridized carbons (Fsp3) is 0.278. The van der Waals surface area contributed by atoms with E-state index in [9.17, 15) is 33.3 Å². The highest BCUT2D eigenvalue weighted by Gasteiger charge is 2.32. The Hall–Kier alpha value is -2.78. The number of aliphatic hydroxyl groups excluding tert-OH is 2. The van der Waals surface area contributed by atoms with E-state index in [0.717, 1.165) is 11.6 Å². The number of rotatable bonds is 6. The molecule has 0 heterocycles. The zero-order valence-electron chi connectivity index (χ0n) is 14.0. The lowest BCUT2D eigenvalue weighted by atomic mass is 10.0. The maximum Gasteiger partial charge on any atom is 0.416 e. The number of carbonyl (C=O) groups is 1. The van der Waals surface area contributed by atoms with Crippen molar-refractivity contribution in [3.8, 4) is 5.75 Å². The Kier molecular flexibility index (Phi) is 6.65. The van der Waals surface area contributed by atoms with Crippen molar-refractivity contribution in [2.45, 2.75) is 25.0 Å². The quantitative estimate of drug-likeness (QED) is 0.613. The first-order chi connectivity index (χ1) is 12.7. The number of benzene rings is 2. The summed E-state index contributed by atoms with van der Waals surface area (Å²) >= 11 is 0. The minimum atomic E-state index is -4.72. The third-order valence-electron chi connectivity index (χ3n) is 3.64. The first-order valence-electron chi connectivity index (χ1n) is 7.88. The molecule has 2 unspecified atom stereocenters. The molecule has 0 aliphatic rings. The summed E-state index contributed by atoms with van der Waals surface area (Å²) in [7, 11) is 0. The average molecular weight is 385 g/mol. The third-order valence-corrected chi connectivity index (χ3v) is 3.64. The van der Waals surface area contributed by atoms with Crippen LogP contribution in [0.15, 0.2) is 48.5 Å². The van der Waals surface area contributed by atoms with Crippen LogP contribution in [-0.4, -0.2) is 34.1 Å². The van der Waals surface area contributed by atoms with Crippen molar-refractivity contribution in [3.05, 3.63) is 65.2 Å². The molecule has 0 bridgehead atoms. The number of ether oxygens (including phenoxy) is 1. The topological polar surface area (TPSA) is 99.0 Å². The highest BCUT2D eigenvalue weighted by molar-refractivity contribution is 5.67. The van der Waals surface area contributed by atoms with Gasteiger partial charge in [0, 0.05) is 6.54 Å². The van der Waals surface area contributed by atoms with Crippen molar-refractivity contribution in [3.63, 3.8) is 0 Å². The summed E-state index contributed by atoms with van der Waals surface area (Å²) in [6.45, 7) is -0.474. The first kappa shape index (κ1) is 20.5. The number of hydrogen-bond donors (Lipinski definition) is 4. The molecule has 1 amide bonds. The Morgan fingerprint density at radius 1 is 1.11 bits per heavy atom. The number of aromatic hydroxyl groups is 1. The minimum Gasteiger partial charge on any atom is -0.508 e. The highest BCUT2D eigenvalue weighted by atomic mass is 19.4. The molecule has 0 saturated heterocycles. The molecule has 4 N–H and O–H groups in total. The number of alkyl carbamates (subject to hydrolysis) is 1. The molecule has 2 aromatic rings. The van der Waals surface area contributed by atoms with Crippen molar-refractivity contribution in [1.82, 2.24) is 5.32 Å². The van der Waals surface area contributed by atoms with Gasteiger partial charge in [0.15, 0.2) is 0 Å². The lowest BCUT2D eigenvalue weighted by Crippen LogP contribution is -2.35. The third kappa shape index (κ3) is 6.15. The standard InChI is InChI=1S/C18H18F3NO5/c19-18(20,21)13-6-12(7-14(23)8-13)16(25)15(24)9-22-17(26)27-10-11-4-2-1-3-5-11/h1-8,15-16,23-25H,9-10H2,(H,22,26). The van der Waals surface area contributed by atoms with Gasteiger partial charge in [-0.2, -0.15) is 13.2 Å². The normalized spacial score (nSPS) is 13.7. The smallest absolute Gasteiger partial charge is 0.416 e. The van der Waals surface area contributed by atoms with E-state index in [1.165, 1.54) is 0 Å². The van der Waals surface area contributed by atoms with Crippen LogP contribution < -0.4 is 5.32 Å². The fourth-order valence-corrected chi connectivity index (χ4v) is 2.26. The van der Waals surface area contributed by atoms with Crippen LogP contribution in [0.3, 0.4) is 0 Å². The number of phenolic OH excluding ortho intramolecular Hbond substituents is 1. The Morgan fingerprint density at radius 3 is 2.41 bits per heavy atom. The summed E-state index contributed by atoms with van der Waals surface area (Å²) in [4.78, 5) is 11.6. The summed E-state index contributed by atoms with van der Waals surface area (Å²) in [5.74, 6) is -0.707. The van der Waals surface area contributed by atoms with E-state index >= 15 is 0 Å². The zero-order valence-corrected chi connectivity index (χ0v) is 14.0. The molecule has 0 spiro atoms. The van der Waals surface area contributed by atoms with Gasteiger partial charge in [0.25, 0.3) is 0 Å². The number of carbonyl (C=O) groups excluding carboxylic acids is 1. The van der Waals surface area contributed by atoms with Crippen LogP contribution in [0.5, 0.6) is 5.75 Å². The van der Waals surface area contributed by atoms with Crippen molar-refractivity contribution < 1.29 is 38.0 Å². The number of nitrogens with one attached hydrogen (secondary N) is 1. The summed E-state index contributed by atoms with van der Waals surface area (Å²) in [5, 5.41) is 31.5. The second-order valence-electron chi connectivity index (χ2n) is 5.77. The number of alkyl halides is 3. The summed E-state index contributed by atoms with van der Waals surface area (Å²) in [6, 6.07) is 10.8. The lowest BCUT2D eigenvalue weighted by Gasteiger charge is -2.20. The molecular formula is C18H18F3NO5. The minimum absolute atomic E-state index is 0.00712. The molecule has 0 aliphatic carbocycles. The molecule has 0 aliphatic heterocycles. The average Bonchev–Trinajstić information content (AvgIpc) is 2.63. The molecule has 0 aromatic heterocycles. The molecule has 0 radical (unpaired) electrons. The maximum atomic E-state index is 12.8. The molecule has 0 fully saturated rings. The van der Waals surface area contributed by atoms with Gasteiger partial charge in [0.1, 0.15) is 24.6 Å². The number of hydrogen-bond acceptors (Lipinski definition) is 5. The molecule has 27 heavy (non-hydrogen) atoms. The summed E-state index contributed by atoms with van der Waals surface area (Å²) < 4.78 is 43.2. The second kappa shape index (κ2) is 8.74. The van der Waals surface area contributed by atoms with E-state index in [4.69, 9.17) is 4.74 Å². The number of amides is 1. The number of phenols is 1. The van der Waals surface area contributed by atoms with Gasteiger partial charge in [-0.3, -0.25) is 0 Å². The maximum absolute atomic E-state index is 12.8. The Bertz CT molecular complexity index is 767. The van der Waals surface area contributed by atoms with Gasteiger partial charge in [0.2, 0.25) is 0 Å². The van der Waals surface area contributed by atoms with Gasteiger partial charge in [-0.15, -0.1) is 0 Å². The first-order valence-corrected chi connectivity index (χ1v) is 7.88. The molecular weight excluding hydrogens is 367 g/mol. The van der Waals surface area contributed by atoms with Gasteiger partial charge in [0.05, 0.1) is 5.56 Å². The predicted molar refractivity (Wildman–Crippen MR) is 88.7 cm³/mol. The van der Waals surface area contributed by atoms with Crippen molar-refractivity contribution in [2.75, 3.05) is 6.54 Å². The van der Waals surface area contributed by atoms with Crippen molar-refractivity contribution in [2.24, 2.45) is 0 Å². The summed E-state index contributed by atoms with van der Waals surface area (Å²) in [5.41, 5.74) is -0.763. The van der Waals surface area contributed by atoms with E-state index in [1.807, 2.05) is 0 Å². The second-order valence-corrected chi connectivity index (χ2v) is 5.77.